The van der Waals surface area contributed by atoms with E-state index in [9.17, 15) is 48.3 Å². The molecule has 4 aliphatic rings. The zero-order valence-corrected chi connectivity index (χ0v) is 84.6. The summed E-state index contributed by atoms with van der Waals surface area (Å²) >= 11 is 0. The molecule has 2 unspecified atom stereocenters. The molecule has 1 aromatic heterocycles. The van der Waals surface area contributed by atoms with Crippen molar-refractivity contribution < 1.29 is 90.9 Å². The first-order valence-electron chi connectivity index (χ1n) is 46.3. The van der Waals surface area contributed by atoms with Crippen molar-refractivity contribution in [1.29, 1.82) is 0 Å². The van der Waals surface area contributed by atoms with Crippen LogP contribution in [0.1, 0.15) is 189 Å². The van der Waals surface area contributed by atoms with E-state index < -0.39 is 6.04 Å². The molecule has 0 bridgehead atoms. The minimum absolute atomic E-state index is 0.00421. The van der Waals surface area contributed by atoms with E-state index in [1.54, 1.807) is 54.7 Å². The molecule has 127 heavy (non-hydrogen) atoms. The summed E-state index contributed by atoms with van der Waals surface area (Å²) in [5, 5.41) is 40.4. The molecule has 0 saturated carbocycles. The fourth-order valence-electron chi connectivity index (χ4n) is 10.3. The van der Waals surface area contributed by atoms with Crippen molar-refractivity contribution >= 4 is 53.2 Å². The lowest BCUT2D eigenvalue weighted by Crippen LogP contribution is -2.43. The molecule has 0 aliphatic carbocycles. The average molecular weight is 1830 g/mol. The van der Waals surface area contributed by atoms with Crippen molar-refractivity contribution in [3.05, 3.63) is 24.0 Å². The fraction of sp³-hybridized carbons (Fsp3) is 0.844. The highest BCUT2D eigenvalue weighted by Crippen LogP contribution is 2.15. The van der Waals surface area contributed by atoms with E-state index in [1.165, 1.54) is 18.9 Å². The summed E-state index contributed by atoms with van der Waals surface area (Å²) < 4.78 is 45.7. The highest BCUT2D eigenvalue weighted by molar-refractivity contribution is 5.83. The smallest absolute Gasteiger partial charge is 0.237 e. The number of pyridine rings is 1. The van der Waals surface area contributed by atoms with Gasteiger partial charge in [-0.25, -0.2) is 0 Å². The van der Waals surface area contributed by atoms with E-state index in [-0.39, 0.29) is 108 Å². The minimum Gasteiger partial charge on any atom is -0.506 e. The number of hydrogen-bond acceptors (Lipinski definition) is 28. The van der Waals surface area contributed by atoms with Gasteiger partial charge in [-0.05, 0) is 193 Å². The lowest BCUT2D eigenvalue weighted by Gasteiger charge is -2.25. The number of nitrogens with zero attached hydrogens (tertiary/aromatic N) is 6. The first kappa shape index (κ1) is 134. The van der Waals surface area contributed by atoms with Crippen molar-refractivity contribution in [3.8, 4) is 5.75 Å². The van der Waals surface area contributed by atoms with Gasteiger partial charge in [0.2, 0.25) is 53.2 Å². The zero-order valence-electron chi connectivity index (χ0n) is 84.6. The number of amides is 9. The molecule has 752 valence electrons. The van der Waals surface area contributed by atoms with E-state index in [2.05, 4.69) is 96.9 Å². The standard InChI is InChI=1S/C11H22N2O3.2C11H22N2O2.C11H16N2O2.C11H24N2O2.C8H16N2O2.C8H18N2O2.C7H16N2O2.C6H14N2O2.3C2H6/c1-10(2)16-6-3-12-11(14)9-13-4-7-15-8-5-13;1-9(2)15-8-6-12-11(14)10-5-4-7-13(10)3;1-10(2)15-8-5-12-11(14)9-13-6-3-4-7-13;1-8(2)7-13-11(15)6-9-10(14)4-3-5-12-9;1-5-13(6-2)9-11(14)12-7-8-15-10(3)4;1-12-6-5-10-8(11)7-3-2-4-9-7;1-10(2)6-4-8(11)9-5-7-12-3;1-6(8-2)7(10)9-4-5-11-3;1-5(7)6(9)8-3-4-10-2;3*1-2/h10H,3-9H2,1-2H3,(H,12,14);9-10H,4-8H2,1-3H3,(H,12,14);10H,3-9H2,1-2H3,(H,12,14);3-5,8,14H,6-7H2,1-2H3,(H,13,15);10H,5-9H2,1-4H3,(H,12,14);7,9H,2-6H2,1H3,(H,10,11);4-7H2,1-3H3,(H,9,11);6,8H,4-5H2,1-3H3,(H,9,10);5H,3-4,7H2,1-2H3,(H,8,9);3*1-2H3/t;;;;;;;6-;5-;;;/m.......00.../s1. The summed E-state index contributed by atoms with van der Waals surface area (Å²) in [6.07, 6.45) is 9.76. The molecule has 5 rings (SSSR count). The average Bonchev–Trinajstić information content (AvgIpc) is 0.909. The number of carbonyl (C=O) groups is 9. The van der Waals surface area contributed by atoms with Crippen LogP contribution in [0, 0.1) is 5.92 Å². The molecule has 5 heterocycles. The Morgan fingerprint density at radius 3 is 1.34 bits per heavy atom. The van der Waals surface area contributed by atoms with Gasteiger partial charge in [0.25, 0.3) is 0 Å². The third-order valence-corrected chi connectivity index (χ3v) is 17.3. The molecular weight excluding hydrogens is 1640 g/mol. The maximum atomic E-state index is 11.7. The summed E-state index contributed by atoms with van der Waals surface area (Å²) in [7, 11) is 14.1. The van der Waals surface area contributed by atoms with Gasteiger partial charge in [0.15, 0.2) is 0 Å². The van der Waals surface area contributed by atoms with Crippen molar-refractivity contribution in [2.75, 3.05) is 260 Å². The predicted molar refractivity (Wildman–Crippen MR) is 510 cm³/mol. The largest absolute Gasteiger partial charge is 0.506 e. The summed E-state index contributed by atoms with van der Waals surface area (Å²) in [4.78, 5) is 116. The van der Waals surface area contributed by atoms with Crippen LogP contribution in [0.2, 0.25) is 0 Å². The van der Waals surface area contributed by atoms with E-state index in [1.807, 2.05) is 144 Å². The van der Waals surface area contributed by atoms with Crippen molar-refractivity contribution in [2.24, 2.45) is 11.7 Å². The minimum atomic E-state index is -0.433. The second kappa shape index (κ2) is 97.0. The van der Waals surface area contributed by atoms with Crippen LogP contribution < -0.4 is 64.2 Å². The Morgan fingerprint density at radius 1 is 0.528 bits per heavy atom. The predicted octanol–water partition coefficient (Wildman–Crippen LogP) is 3.81. The summed E-state index contributed by atoms with van der Waals surface area (Å²) in [6.45, 7) is 60.8. The number of aromatic nitrogens is 1. The molecule has 9 amide bonds. The first-order chi connectivity index (χ1) is 60.6. The Morgan fingerprint density at radius 2 is 0.945 bits per heavy atom. The van der Waals surface area contributed by atoms with Crippen LogP contribution in [0.15, 0.2) is 18.3 Å². The summed E-state index contributed by atoms with van der Waals surface area (Å²) in [6, 6.07) is 2.69. The molecular formula is C90H188N18O19. The molecule has 4 aliphatic heterocycles. The van der Waals surface area contributed by atoms with Gasteiger partial charge in [-0.2, -0.15) is 0 Å². The number of rotatable bonds is 48. The number of ether oxygens (including phenoxy) is 9. The van der Waals surface area contributed by atoms with E-state index in [4.69, 9.17) is 48.4 Å². The van der Waals surface area contributed by atoms with Crippen LogP contribution in [0.25, 0.3) is 0 Å². The van der Waals surface area contributed by atoms with Gasteiger partial charge in [-0.15, -0.1) is 0 Å². The lowest BCUT2D eigenvalue weighted by atomic mass is 10.2. The molecule has 4 fully saturated rings. The molecule has 14 N–H and O–H groups in total. The van der Waals surface area contributed by atoms with E-state index in [0.29, 0.717) is 149 Å². The Labute approximate surface area is 768 Å². The van der Waals surface area contributed by atoms with Crippen LogP contribution in [-0.4, -0.2) is 396 Å². The van der Waals surface area contributed by atoms with Crippen LogP contribution in [0.3, 0.4) is 0 Å². The Bertz CT molecular complexity index is 2670. The quantitative estimate of drug-likeness (QED) is 0.0413. The third-order valence-electron chi connectivity index (χ3n) is 17.3. The first-order valence-corrected chi connectivity index (χ1v) is 46.3. The molecule has 4 atom stereocenters. The van der Waals surface area contributed by atoms with E-state index in [0.717, 1.165) is 97.8 Å². The number of hydrogen-bond donors (Lipinski definition) is 13. The highest BCUT2D eigenvalue weighted by Gasteiger charge is 2.27. The molecule has 0 radical (unpaired) electrons. The van der Waals surface area contributed by atoms with Gasteiger partial charge in [-0.3, -0.25) is 67.7 Å². The lowest BCUT2D eigenvalue weighted by molar-refractivity contribution is -0.125. The van der Waals surface area contributed by atoms with Gasteiger partial charge < -0.3 is 117 Å². The number of likely N-dealkylation sites (N-methyl/N-ethyl adjacent to an activating group) is 3. The number of aromatic hydroxyl groups is 1. The maximum Gasteiger partial charge on any atom is 0.237 e. The fourth-order valence-corrected chi connectivity index (χ4v) is 10.3. The Hall–Kier alpha value is -6.50. The zero-order chi connectivity index (χ0) is 98.0. The maximum absolute atomic E-state index is 11.7. The Kier molecular flexibility index (Phi) is 102. The molecule has 0 aromatic carbocycles. The number of carbonyl (C=O) groups excluding carboxylic acids is 9. The number of nitrogens with two attached hydrogens (primary N) is 1. The number of likely N-dealkylation sites (tertiary alicyclic amines) is 2. The number of nitrogens with one attached hydrogen (secondary N) is 11. The van der Waals surface area contributed by atoms with Gasteiger partial charge in [0, 0.05) is 120 Å². The van der Waals surface area contributed by atoms with Crippen LogP contribution >= 0.6 is 0 Å². The van der Waals surface area contributed by atoms with Crippen LogP contribution in [-0.2, 0) is 92.2 Å². The topological polar surface area (TPSA) is 444 Å². The Balaban J connectivity index is -0.000000254. The molecule has 4 saturated heterocycles. The SMILES string of the molecule is CC.CC.CC.CC(C)CNC(=O)Cc1ncccc1O.CC(C)OCCNC(=O)C1CCCN1C.CC(C)OCCNC(=O)CN1CCCC1.CC(C)OCCNC(=O)CN1CCOCC1.CCN(CC)CC(=O)NCCOC(C)C.CN[C@@H](C)C(=O)NCCOC.COCCNC(=O)C1CCCN1.COCCNC(=O)CCN(C)C.COCCNC(=O)[C@H](C)N. The molecule has 1 aromatic rings. The molecule has 37 heteroatoms. The highest BCUT2D eigenvalue weighted by atomic mass is 16.5. The van der Waals surface area contributed by atoms with Crippen molar-refractivity contribution in [3.63, 3.8) is 0 Å². The van der Waals surface area contributed by atoms with E-state index >= 15 is 0 Å². The van der Waals surface area contributed by atoms with Gasteiger partial charge in [-0.1, -0.05) is 69.2 Å². The second-order valence-corrected chi connectivity index (χ2v) is 30.5. The summed E-state index contributed by atoms with van der Waals surface area (Å²) in [5.74, 6) is 0.819. The van der Waals surface area contributed by atoms with Crippen LogP contribution in [0.4, 0.5) is 0 Å². The molecule has 0 spiro atoms. The van der Waals surface area contributed by atoms with Crippen LogP contribution in [0.5, 0.6) is 5.75 Å². The van der Waals surface area contributed by atoms with Gasteiger partial charge in [0.1, 0.15) is 5.75 Å². The van der Waals surface area contributed by atoms with Gasteiger partial charge >= 0.3 is 0 Å². The normalized spacial score (nSPS) is 14.8. The second-order valence-electron chi connectivity index (χ2n) is 30.5. The third kappa shape index (κ3) is 94.0. The van der Waals surface area contributed by atoms with Crippen molar-refractivity contribution in [1.82, 2.24) is 88.0 Å². The van der Waals surface area contributed by atoms with Crippen molar-refractivity contribution in [2.45, 2.75) is 238 Å². The number of morpholine rings is 1. The summed E-state index contributed by atoms with van der Waals surface area (Å²) in [5.41, 5.74) is 5.68. The number of methoxy groups -OCH3 is 4. The molecule has 37 nitrogen and oxygen atoms in total. The monoisotopic (exact) mass is 1830 g/mol. The van der Waals surface area contributed by atoms with Gasteiger partial charge in [0.05, 0.1) is 146 Å².